The molecule has 2 nitrogen and oxygen atoms in total. The molecule has 1 atom stereocenters. The Bertz CT molecular complexity index is 370. The fraction of sp³-hybridized carbons (Fsp3) is 0.611. The molecule has 0 aliphatic heterocycles. The highest BCUT2D eigenvalue weighted by atomic mass is 16.5. The first-order valence-electron chi connectivity index (χ1n) is 7.75. The lowest BCUT2D eigenvalue weighted by atomic mass is 9.91. The van der Waals surface area contributed by atoms with Crippen LogP contribution in [-0.2, 0) is 16.1 Å². The first-order chi connectivity index (χ1) is 9.61. The van der Waals surface area contributed by atoms with E-state index in [9.17, 15) is 4.79 Å². The highest BCUT2D eigenvalue weighted by Gasteiger charge is 2.15. The third-order valence-corrected chi connectivity index (χ3v) is 3.83. The summed E-state index contributed by atoms with van der Waals surface area (Å²) in [6.07, 6.45) is 3.82. The van der Waals surface area contributed by atoms with E-state index in [1.54, 1.807) is 0 Å². The minimum atomic E-state index is 0.198. The Balaban J connectivity index is 1.99. The molecule has 0 spiro atoms. The number of Topliss-reactive ketones (excluding diaryl/α,β-unsaturated/α-hetero) is 1. The molecule has 0 aromatic heterocycles. The molecular weight excluding hydrogens is 248 g/mol. The first kappa shape index (κ1) is 16.9. The number of hydrogen-bond donors (Lipinski definition) is 0. The zero-order chi connectivity index (χ0) is 14.8. The zero-order valence-corrected chi connectivity index (χ0v) is 13.1. The molecule has 1 unspecified atom stereocenters. The van der Waals surface area contributed by atoms with Gasteiger partial charge in [0.1, 0.15) is 5.78 Å². The van der Waals surface area contributed by atoms with Gasteiger partial charge in [0.05, 0.1) is 6.61 Å². The van der Waals surface area contributed by atoms with E-state index in [2.05, 4.69) is 26.0 Å². The number of carbonyl (C=O) groups excluding carboxylic acids is 1. The largest absolute Gasteiger partial charge is 0.377 e. The molecule has 0 radical (unpaired) electrons. The van der Waals surface area contributed by atoms with Crippen molar-refractivity contribution in [1.82, 2.24) is 0 Å². The van der Waals surface area contributed by atoms with Gasteiger partial charge < -0.3 is 4.74 Å². The summed E-state index contributed by atoms with van der Waals surface area (Å²) in [6, 6.07) is 10.2. The lowest BCUT2D eigenvalue weighted by Crippen LogP contribution is -2.16. The van der Waals surface area contributed by atoms with Crippen molar-refractivity contribution < 1.29 is 9.53 Å². The van der Waals surface area contributed by atoms with Crippen LogP contribution in [0.2, 0.25) is 0 Å². The van der Waals surface area contributed by atoms with Crippen molar-refractivity contribution in [2.75, 3.05) is 6.61 Å². The Hall–Kier alpha value is -1.15. The predicted octanol–water partition coefficient (Wildman–Crippen LogP) is 4.62. The van der Waals surface area contributed by atoms with Gasteiger partial charge in [-0.25, -0.2) is 0 Å². The van der Waals surface area contributed by atoms with Gasteiger partial charge in [0.25, 0.3) is 0 Å². The van der Waals surface area contributed by atoms with Crippen molar-refractivity contribution in [3.8, 4) is 0 Å². The van der Waals surface area contributed by atoms with E-state index < -0.39 is 0 Å². The summed E-state index contributed by atoms with van der Waals surface area (Å²) in [4.78, 5) is 11.8. The van der Waals surface area contributed by atoms with Gasteiger partial charge in [0, 0.05) is 18.9 Å². The molecule has 0 fully saturated rings. The second kappa shape index (κ2) is 9.71. The van der Waals surface area contributed by atoms with Gasteiger partial charge in [0.15, 0.2) is 0 Å². The van der Waals surface area contributed by atoms with Crippen LogP contribution in [0.15, 0.2) is 30.3 Å². The maximum Gasteiger partial charge on any atom is 0.135 e. The topological polar surface area (TPSA) is 26.3 Å². The lowest BCUT2D eigenvalue weighted by molar-refractivity contribution is -0.123. The number of benzene rings is 1. The molecule has 0 N–H and O–H groups in total. The number of unbranched alkanes of at least 4 members (excludes halogenated alkanes) is 2. The molecule has 20 heavy (non-hydrogen) atoms. The molecule has 0 saturated carbocycles. The van der Waals surface area contributed by atoms with Crippen molar-refractivity contribution in [2.45, 2.75) is 53.1 Å². The Labute approximate surface area is 123 Å². The highest BCUT2D eigenvalue weighted by Crippen LogP contribution is 2.14. The van der Waals surface area contributed by atoms with Crippen LogP contribution in [0, 0.1) is 11.8 Å². The minimum Gasteiger partial charge on any atom is -0.377 e. The fourth-order valence-electron chi connectivity index (χ4n) is 2.04. The predicted molar refractivity (Wildman–Crippen MR) is 83.6 cm³/mol. The van der Waals surface area contributed by atoms with Crippen LogP contribution < -0.4 is 0 Å². The molecule has 0 heterocycles. The number of carbonyl (C=O) groups is 1. The summed E-state index contributed by atoms with van der Waals surface area (Å²) in [5.41, 5.74) is 1.22. The van der Waals surface area contributed by atoms with Gasteiger partial charge in [-0.05, 0) is 24.3 Å². The lowest BCUT2D eigenvalue weighted by Gasteiger charge is -2.13. The summed E-state index contributed by atoms with van der Waals surface area (Å²) in [5.74, 6) is 1.06. The van der Waals surface area contributed by atoms with Crippen molar-refractivity contribution in [1.29, 1.82) is 0 Å². The molecule has 0 bridgehead atoms. The highest BCUT2D eigenvalue weighted by molar-refractivity contribution is 5.80. The normalized spacial score (nSPS) is 12.6. The monoisotopic (exact) mass is 276 g/mol. The number of hydrogen-bond acceptors (Lipinski definition) is 2. The molecule has 1 aromatic carbocycles. The molecule has 0 aliphatic carbocycles. The van der Waals surface area contributed by atoms with E-state index in [4.69, 9.17) is 4.74 Å². The van der Waals surface area contributed by atoms with Gasteiger partial charge >= 0.3 is 0 Å². The molecular formula is C18H28O2. The van der Waals surface area contributed by atoms with Gasteiger partial charge in [-0.3, -0.25) is 4.79 Å². The van der Waals surface area contributed by atoms with Crippen LogP contribution in [0.3, 0.4) is 0 Å². The summed E-state index contributed by atoms with van der Waals surface area (Å²) in [7, 11) is 0. The van der Waals surface area contributed by atoms with Crippen LogP contribution in [0.1, 0.15) is 52.0 Å². The number of ether oxygens (including phenoxy) is 1. The summed E-state index contributed by atoms with van der Waals surface area (Å²) in [6.45, 7) is 7.73. The Morgan fingerprint density at radius 2 is 1.75 bits per heavy atom. The third kappa shape index (κ3) is 6.85. The quantitative estimate of drug-likeness (QED) is 0.583. The first-order valence-corrected chi connectivity index (χ1v) is 7.75. The van der Waals surface area contributed by atoms with E-state index in [1.165, 1.54) is 5.56 Å². The number of rotatable bonds is 10. The van der Waals surface area contributed by atoms with Gasteiger partial charge in [0.2, 0.25) is 0 Å². The van der Waals surface area contributed by atoms with Gasteiger partial charge in [-0.2, -0.15) is 0 Å². The summed E-state index contributed by atoms with van der Waals surface area (Å²) in [5, 5.41) is 0. The minimum absolute atomic E-state index is 0.198. The number of ketones is 1. The van der Waals surface area contributed by atoms with E-state index in [-0.39, 0.29) is 5.92 Å². The van der Waals surface area contributed by atoms with Crippen LogP contribution in [0.25, 0.3) is 0 Å². The van der Waals surface area contributed by atoms with Crippen LogP contribution >= 0.6 is 0 Å². The second-order valence-electron chi connectivity index (χ2n) is 5.85. The van der Waals surface area contributed by atoms with Crippen molar-refractivity contribution >= 4 is 5.78 Å². The molecule has 0 aliphatic rings. The Kier molecular flexibility index (Phi) is 8.20. The van der Waals surface area contributed by atoms with E-state index in [1.807, 2.05) is 25.1 Å². The molecule has 0 saturated heterocycles. The maximum atomic E-state index is 11.8. The van der Waals surface area contributed by atoms with E-state index in [0.717, 1.165) is 32.3 Å². The van der Waals surface area contributed by atoms with E-state index >= 15 is 0 Å². The molecule has 1 rings (SSSR count). The summed E-state index contributed by atoms with van der Waals surface area (Å²) < 4.78 is 5.63. The third-order valence-electron chi connectivity index (χ3n) is 3.83. The van der Waals surface area contributed by atoms with Crippen molar-refractivity contribution in [3.05, 3.63) is 35.9 Å². The molecule has 2 heteroatoms. The standard InChI is InChI=1S/C18H28O2/c1-15(2)16(3)18(19)12-8-5-9-13-20-14-17-10-6-4-7-11-17/h4,6-7,10-11,15-16H,5,8-9,12-14H2,1-3H3. The zero-order valence-electron chi connectivity index (χ0n) is 13.1. The van der Waals surface area contributed by atoms with Gasteiger partial charge in [-0.1, -0.05) is 57.5 Å². The average Bonchev–Trinajstić information content (AvgIpc) is 2.46. The Morgan fingerprint density at radius 3 is 2.40 bits per heavy atom. The SMILES string of the molecule is CC(C)C(C)C(=O)CCCCCOCc1ccccc1. The van der Waals surface area contributed by atoms with Crippen LogP contribution in [-0.4, -0.2) is 12.4 Å². The smallest absolute Gasteiger partial charge is 0.135 e. The summed E-state index contributed by atoms with van der Waals surface area (Å²) >= 11 is 0. The van der Waals surface area contributed by atoms with E-state index in [0.29, 0.717) is 18.3 Å². The van der Waals surface area contributed by atoms with Crippen molar-refractivity contribution in [3.63, 3.8) is 0 Å². The fourth-order valence-corrected chi connectivity index (χ4v) is 2.04. The maximum absolute atomic E-state index is 11.8. The van der Waals surface area contributed by atoms with Crippen LogP contribution in [0.4, 0.5) is 0 Å². The molecule has 112 valence electrons. The molecule has 1 aromatic rings. The Morgan fingerprint density at radius 1 is 1.05 bits per heavy atom. The second-order valence-corrected chi connectivity index (χ2v) is 5.85. The van der Waals surface area contributed by atoms with Gasteiger partial charge in [-0.15, -0.1) is 0 Å². The average molecular weight is 276 g/mol. The van der Waals surface area contributed by atoms with Crippen LogP contribution in [0.5, 0.6) is 0 Å². The molecule has 0 amide bonds. The van der Waals surface area contributed by atoms with Crippen molar-refractivity contribution in [2.24, 2.45) is 11.8 Å².